The third-order valence-corrected chi connectivity index (χ3v) is 6.61. The van der Waals surface area contributed by atoms with Gasteiger partial charge in [0.25, 0.3) is 5.91 Å². The Labute approximate surface area is 172 Å². The van der Waals surface area contributed by atoms with Crippen LogP contribution in [0.3, 0.4) is 0 Å². The molecule has 1 saturated heterocycles. The Hall–Kier alpha value is -2.07. The molecule has 0 aromatic heterocycles. The van der Waals surface area contributed by atoms with Crippen molar-refractivity contribution in [3.63, 3.8) is 0 Å². The Bertz CT molecular complexity index is 1020. The van der Waals surface area contributed by atoms with Gasteiger partial charge < -0.3 is 10.1 Å². The fourth-order valence-corrected chi connectivity index (χ4v) is 4.84. The zero-order chi connectivity index (χ0) is 21.3. The van der Waals surface area contributed by atoms with Crippen molar-refractivity contribution in [2.45, 2.75) is 31.0 Å². The van der Waals surface area contributed by atoms with E-state index in [1.54, 1.807) is 13.8 Å². The molecule has 2 aromatic rings. The molecule has 1 amide bonds. The zero-order valence-corrected chi connectivity index (χ0v) is 17.2. The van der Waals surface area contributed by atoms with E-state index < -0.39 is 38.2 Å². The summed E-state index contributed by atoms with van der Waals surface area (Å²) >= 11 is 5.48. The highest BCUT2D eigenvalue weighted by molar-refractivity contribution is 7.89. The van der Waals surface area contributed by atoms with E-state index in [1.165, 1.54) is 28.6 Å². The first-order valence-corrected chi connectivity index (χ1v) is 10.6. The predicted molar refractivity (Wildman–Crippen MR) is 105 cm³/mol. The molecule has 0 aliphatic carbocycles. The second-order valence-corrected chi connectivity index (χ2v) is 9.10. The number of nitrogens with zero attached hydrogens (tertiary/aromatic N) is 1. The summed E-state index contributed by atoms with van der Waals surface area (Å²) in [5.74, 6) is -2.98. The van der Waals surface area contributed by atoms with Crippen molar-refractivity contribution in [3.05, 3.63) is 58.6 Å². The van der Waals surface area contributed by atoms with Gasteiger partial charge in [0.2, 0.25) is 10.0 Å². The fraction of sp³-hybridized carbons (Fsp3) is 0.316. The van der Waals surface area contributed by atoms with Crippen molar-refractivity contribution in [3.8, 4) is 0 Å². The number of rotatable bonds is 4. The second kappa shape index (κ2) is 8.35. The third kappa shape index (κ3) is 4.58. The lowest BCUT2D eigenvalue weighted by molar-refractivity contribution is -0.0440. The molecule has 1 N–H and O–H groups in total. The van der Waals surface area contributed by atoms with E-state index in [4.69, 9.17) is 16.3 Å². The van der Waals surface area contributed by atoms with Crippen LogP contribution in [0.5, 0.6) is 0 Å². The van der Waals surface area contributed by atoms with Crippen LogP contribution >= 0.6 is 11.6 Å². The molecule has 2 atom stereocenters. The fourth-order valence-electron chi connectivity index (χ4n) is 3.09. The molecule has 2 aromatic carbocycles. The van der Waals surface area contributed by atoms with Crippen LogP contribution in [-0.2, 0) is 14.8 Å². The monoisotopic (exact) mass is 444 g/mol. The lowest BCUT2D eigenvalue weighted by Gasteiger charge is -2.34. The van der Waals surface area contributed by atoms with Crippen LogP contribution in [0.25, 0.3) is 0 Å². The van der Waals surface area contributed by atoms with Gasteiger partial charge in [-0.15, -0.1) is 0 Å². The first-order chi connectivity index (χ1) is 13.6. The van der Waals surface area contributed by atoms with Crippen molar-refractivity contribution in [1.29, 1.82) is 0 Å². The van der Waals surface area contributed by atoms with E-state index in [-0.39, 0.29) is 35.9 Å². The number of anilines is 1. The van der Waals surface area contributed by atoms with Crippen molar-refractivity contribution in [2.75, 3.05) is 18.4 Å². The van der Waals surface area contributed by atoms with Crippen LogP contribution in [-0.4, -0.2) is 43.9 Å². The normalized spacial score (nSPS) is 20.4. The highest BCUT2D eigenvalue weighted by atomic mass is 35.5. The second-order valence-electron chi connectivity index (χ2n) is 6.78. The number of ether oxygens (including phenoxy) is 1. The van der Waals surface area contributed by atoms with Gasteiger partial charge in [-0.1, -0.05) is 11.6 Å². The van der Waals surface area contributed by atoms with Crippen LogP contribution in [0.1, 0.15) is 24.2 Å². The van der Waals surface area contributed by atoms with Gasteiger partial charge in [0.15, 0.2) is 5.82 Å². The Morgan fingerprint density at radius 3 is 2.28 bits per heavy atom. The molecule has 0 radical (unpaired) electrons. The van der Waals surface area contributed by atoms with E-state index in [0.29, 0.717) is 0 Å². The van der Waals surface area contributed by atoms with Crippen molar-refractivity contribution in [1.82, 2.24) is 4.31 Å². The summed E-state index contributed by atoms with van der Waals surface area (Å²) in [5.41, 5.74) is -0.179. The largest absolute Gasteiger partial charge is 0.373 e. The predicted octanol–water partition coefficient (Wildman–Crippen LogP) is 3.67. The number of halogens is 3. The highest BCUT2D eigenvalue weighted by Gasteiger charge is 2.32. The minimum atomic E-state index is -3.72. The number of carbonyl (C=O) groups excluding carboxylic acids is 1. The van der Waals surface area contributed by atoms with Crippen molar-refractivity contribution >= 4 is 33.2 Å². The molecule has 10 heteroatoms. The minimum Gasteiger partial charge on any atom is -0.373 e. The number of hydrogen-bond acceptors (Lipinski definition) is 4. The molecular formula is C19H19ClF2N2O4S. The summed E-state index contributed by atoms with van der Waals surface area (Å²) in [6.07, 6.45) is -0.436. The Morgan fingerprint density at radius 1 is 1.10 bits per heavy atom. The van der Waals surface area contributed by atoms with Crippen LogP contribution in [0.2, 0.25) is 5.02 Å². The summed E-state index contributed by atoms with van der Waals surface area (Å²) in [6.45, 7) is 4.10. The molecule has 2 unspecified atom stereocenters. The zero-order valence-electron chi connectivity index (χ0n) is 15.7. The molecule has 1 heterocycles. The molecule has 0 spiro atoms. The minimum absolute atomic E-state index is 0.0628. The first-order valence-electron chi connectivity index (χ1n) is 8.80. The maximum absolute atomic E-state index is 14.0. The van der Waals surface area contributed by atoms with Gasteiger partial charge in [-0.25, -0.2) is 17.2 Å². The van der Waals surface area contributed by atoms with Crippen molar-refractivity contribution < 1.29 is 26.7 Å². The van der Waals surface area contributed by atoms with Gasteiger partial charge in [-0.05, 0) is 50.2 Å². The van der Waals surface area contributed by atoms with Crippen LogP contribution < -0.4 is 5.32 Å². The smallest absolute Gasteiger partial charge is 0.258 e. The number of carbonyl (C=O) groups is 1. The number of amides is 1. The Morgan fingerprint density at radius 2 is 1.69 bits per heavy atom. The molecule has 3 rings (SSSR count). The number of morpholine rings is 1. The van der Waals surface area contributed by atoms with Gasteiger partial charge in [0.1, 0.15) is 10.8 Å². The van der Waals surface area contributed by atoms with Crippen LogP contribution in [0.15, 0.2) is 41.3 Å². The van der Waals surface area contributed by atoms with Gasteiger partial charge in [0.05, 0.1) is 22.7 Å². The topological polar surface area (TPSA) is 75.7 Å². The quantitative estimate of drug-likeness (QED) is 0.730. The lowest BCUT2D eigenvalue weighted by Crippen LogP contribution is -2.48. The van der Waals surface area contributed by atoms with Crippen LogP contribution in [0, 0.1) is 11.6 Å². The maximum atomic E-state index is 14.0. The maximum Gasteiger partial charge on any atom is 0.258 e. The van der Waals surface area contributed by atoms with Gasteiger partial charge in [-0.3, -0.25) is 4.79 Å². The van der Waals surface area contributed by atoms with Crippen molar-refractivity contribution in [2.24, 2.45) is 0 Å². The lowest BCUT2D eigenvalue weighted by atomic mass is 10.2. The number of benzene rings is 2. The summed E-state index contributed by atoms with van der Waals surface area (Å²) in [4.78, 5) is 12.3. The van der Waals surface area contributed by atoms with Gasteiger partial charge in [-0.2, -0.15) is 4.31 Å². The highest BCUT2D eigenvalue weighted by Crippen LogP contribution is 2.25. The Kier molecular flexibility index (Phi) is 6.23. The number of sulfonamides is 1. The molecule has 29 heavy (non-hydrogen) atoms. The molecule has 1 aliphatic rings. The average molecular weight is 445 g/mol. The van der Waals surface area contributed by atoms with E-state index in [2.05, 4.69) is 5.32 Å². The average Bonchev–Trinajstić information content (AvgIpc) is 2.66. The molecule has 1 fully saturated rings. The molecular weight excluding hydrogens is 426 g/mol. The van der Waals surface area contributed by atoms with E-state index in [0.717, 1.165) is 12.1 Å². The first kappa shape index (κ1) is 21.6. The van der Waals surface area contributed by atoms with E-state index in [1.807, 2.05) is 0 Å². The molecule has 6 nitrogen and oxygen atoms in total. The third-order valence-electron chi connectivity index (χ3n) is 4.42. The van der Waals surface area contributed by atoms with E-state index >= 15 is 0 Å². The molecule has 1 aliphatic heterocycles. The van der Waals surface area contributed by atoms with Crippen LogP contribution in [0.4, 0.5) is 14.5 Å². The van der Waals surface area contributed by atoms with E-state index in [9.17, 15) is 22.0 Å². The van der Waals surface area contributed by atoms with Gasteiger partial charge >= 0.3 is 0 Å². The number of nitrogens with one attached hydrogen (secondary N) is 1. The molecule has 156 valence electrons. The summed E-state index contributed by atoms with van der Waals surface area (Å²) in [6, 6.07) is 7.35. The molecule has 0 bridgehead atoms. The summed E-state index contributed by atoms with van der Waals surface area (Å²) in [7, 11) is -3.72. The Balaban J connectivity index is 1.76. The summed E-state index contributed by atoms with van der Waals surface area (Å²) < 4.78 is 59.8. The summed E-state index contributed by atoms with van der Waals surface area (Å²) in [5, 5.41) is 1.66. The standard InChI is InChI=1S/C19H19ClF2N2O4S/c1-11-9-24(10-12(2)28-11)29(26,27)14-5-3-13(4-6-14)23-19(25)15-7-8-16(21)17(20)18(15)22/h3-8,11-12H,9-10H2,1-2H3,(H,23,25). The molecule has 0 saturated carbocycles. The SMILES string of the molecule is CC1CN(S(=O)(=O)c2ccc(NC(=O)c3ccc(F)c(Cl)c3F)cc2)CC(C)O1. The van der Waals surface area contributed by atoms with Gasteiger partial charge in [0, 0.05) is 18.8 Å². The number of hydrogen-bond donors (Lipinski definition) is 1.